The molecule has 3 heterocycles. The molecule has 0 saturated carbocycles. The van der Waals surface area contributed by atoms with Gasteiger partial charge in [0, 0.05) is 24.0 Å². The molecule has 190 valence electrons. The van der Waals surface area contributed by atoms with Crippen molar-refractivity contribution in [1.29, 1.82) is 0 Å². The van der Waals surface area contributed by atoms with E-state index in [0.29, 0.717) is 5.69 Å². The first-order valence-corrected chi connectivity index (χ1v) is 12.0. The summed E-state index contributed by atoms with van der Waals surface area (Å²) < 4.78 is 5.36. The van der Waals surface area contributed by atoms with Crippen LogP contribution in [0.25, 0.3) is 6.08 Å². The zero-order chi connectivity index (χ0) is 26.6. The average molecular weight is 511 g/mol. The van der Waals surface area contributed by atoms with E-state index < -0.39 is 46.6 Å². The Labute approximate surface area is 217 Å². The fraction of sp³-hybridized carbons (Fsp3) is 0.179. The molecule has 10 nitrogen and oxygen atoms in total. The Morgan fingerprint density at radius 2 is 1.68 bits per heavy atom. The van der Waals surface area contributed by atoms with Crippen molar-refractivity contribution in [3.05, 3.63) is 100 Å². The number of fused-ring (bicyclic) bond motifs is 5. The molecule has 10 heteroatoms. The quantitative estimate of drug-likeness (QED) is 0.315. The second-order valence-corrected chi connectivity index (χ2v) is 9.31. The summed E-state index contributed by atoms with van der Waals surface area (Å²) in [5.74, 6) is -3.32. The zero-order valence-corrected chi connectivity index (χ0v) is 20.2. The highest BCUT2D eigenvalue weighted by atomic mass is 16.6. The van der Waals surface area contributed by atoms with Crippen LogP contribution in [0.1, 0.15) is 17.2 Å². The molecule has 3 aliphatic heterocycles. The normalized spacial score (nSPS) is 23.1. The Morgan fingerprint density at radius 3 is 2.42 bits per heavy atom. The van der Waals surface area contributed by atoms with Crippen molar-refractivity contribution in [3.63, 3.8) is 0 Å². The lowest BCUT2D eigenvalue weighted by Crippen LogP contribution is -2.46. The maximum atomic E-state index is 14.0. The van der Waals surface area contributed by atoms with Gasteiger partial charge in [-0.25, -0.2) is 4.90 Å². The molecule has 4 atom stereocenters. The summed E-state index contributed by atoms with van der Waals surface area (Å²) in [6.45, 7) is 0. The van der Waals surface area contributed by atoms with Gasteiger partial charge >= 0.3 is 0 Å². The van der Waals surface area contributed by atoms with Crippen molar-refractivity contribution in [2.24, 2.45) is 11.8 Å². The third-order valence-corrected chi connectivity index (χ3v) is 7.39. The van der Waals surface area contributed by atoms with Gasteiger partial charge in [-0.15, -0.1) is 0 Å². The number of carbonyl (C=O) groups excluding carboxylic acids is 3. The standard InChI is InChI=1S/C28H22N4O6/c1-38-21-12-11-18(32(36)37)15-20(21)31-27(34)22-23(28(31)35)25(26(33)29-17-8-3-2-4-9-17)30-14-13-16-7-5-6-10-19(16)24(22)30/h2-15,22-25H,1H3,(H,29,33)/t22-,23-,24-,25+/m1/s1. The lowest BCUT2D eigenvalue weighted by Gasteiger charge is -2.35. The predicted molar refractivity (Wildman–Crippen MR) is 138 cm³/mol. The van der Waals surface area contributed by atoms with Crippen molar-refractivity contribution in [3.8, 4) is 5.75 Å². The van der Waals surface area contributed by atoms with Crippen LogP contribution in [-0.2, 0) is 14.4 Å². The summed E-state index contributed by atoms with van der Waals surface area (Å²) in [6.07, 6.45) is 3.63. The van der Waals surface area contributed by atoms with Gasteiger partial charge in [0.2, 0.25) is 17.7 Å². The van der Waals surface area contributed by atoms with Crippen molar-refractivity contribution in [1.82, 2.24) is 4.90 Å². The van der Waals surface area contributed by atoms with Gasteiger partial charge in [0.25, 0.3) is 5.69 Å². The van der Waals surface area contributed by atoms with Gasteiger partial charge in [-0.3, -0.25) is 24.5 Å². The molecule has 0 aliphatic carbocycles. The monoisotopic (exact) mass is 510 g/mol. The molecular formula is C28H22N4O6. The number of methoxy groups -OCH3 is 1. The molecule has 6 rings (SSSR count). The van der Waals surface area contributed by atoms with Crippen LogP contribution in [0.5, 0.6) is 5.75 Å². The molecule has 1 N–H and O–H groups in total. The van der Waals surface area contributed by atoms with Crippen LogP contribution in [0.3, 0.4) is 0 Å². The van der Waals surface area contributed by atoms with Crippen LogP contribution >= 0.6 is 0 Å². The number of nitrogens with zero attached hydrogens (tertiary/aromatic N) is 3. The molecule has 38 heavy (non-hydrogen) atoms. The van der Waals surface area contributed by atoms with Gasteiger partial charge in [-0.05, 0) is 35.4 Å². The molecule has 0 aromatic heterocycles. The SMILES string of the molecule is COc1ccc([N+](=O)[O-])cc1N1C(=O)[C@@H]2[C@@H](C1=O)[C@H]1c3ccccc3C=CN1[C@@H]2C(=O)Nc1ccccc1. The van der Waals surface area contributed by atoms with Gasteiger partial charge in [-0.1, -0.05) is 42.5 Å². The first-order chi connectivity index (χ1) is 18.4. The number of ether oxygens (including phenoxy) is 1. The van der Waals surface area contributed by atoms with E-state index in [-0.39, 0.29) is 17.1 Å². The number of nitrogens with one attached hydrogen (secondary N) is 1. The average Bonchev–Trinajstić information content (AvgIpc) is 3.41. The summed E-state index contributed by atoms with van der Waals surface area (Å²) in [6, 6.07) is 18.6. The number of imide groups is 1. The van der Waals surface area contributed by atoms with Crippen molar-refractivity contribution in [2.45, 2.75) is 12.1 Å². The van der Waals surface area contributed by atoms with E-state index in [1.807, 2.05) is 36.4 Å². The fourth-order valence-electron chi connectivity index (χ4n) is 5.80. The number of para-hydroxylation sites is 1. The van der Waals surface area contributed by atoms with Crippen molar-refractivity contribution >= 4 is 40.9 Å². The molecule has 3 amide bonds. The minimum absolute atomic E-state index is 0.0143. The summed E-state index contributed by atoms with van der Waals surface area (Å²) in [5, 5.41) is 14.4. The van der Waals surface area contributed by atoms with E-state index in [0.717, 1.165) is 22.1 Å². The van der Waals surface area contributed by atoms with Gasteiger partial charge in [0.1, 0.15) is 17.5 Å². The largest absolute Gasteiger partial charge is 0.495 e. The topological polar surface area (TPSA) is 122 Å². The summed E-state index contributed by atoms with van der Waals surface area (Å²) >= 11 is 0. The second-order valence-electron chi connectivity index (χ2n) is 9.31. The maximum Gasteiger partial charge on any atom is 0.271 e. The molecule has 2 fully saturated rings. The number of carbonyl (C=O) groups is 3. The first kappa shape index (κ1) is 23.4. The highest BCUT2D eigenvalue weighted by Gasteiger charge is 2.65. The van der Waals surface area contributed by atoms with Crippen molar-refractivity contribution < 1.29 is 24.0 Å². The number of hydrogen-bond donors (Lipinski definition) is 1. The highest BCUT2D eigenvalue weighted by molar-refractivity contribution is 6.25. The molecule has 3 aromatic rings. The molecule has 0 radical (unpaired) electrons. The van der Waals surface area contributed by atoms with Crippen LogP contribution < -0.4 is 15.0 Å². The molecule has 2 saturated heterocycles. The van der Waals surface area contributed by atoms with Gasteiger partial charge in [0.05, 0.1) is 29.9 Å². The number of benzene rings is 3. The lowest BCUT2D eigenvalue weighted by atomic mass is 9.84. The first-order valence-electron chi connectivity index (χ1n) is 12.0. The number of rotatable bonds is 5. The Bertz CT molecular complexity index is 1520. The smallest absolute Gasteiger partial charge is 0.271 e. The van der Waals surface area contributed by atoms with E-state index in [1.165, 1.54) is 19.2 Å². The number of hydrogen-bond acceptors (Lipinski definition) is 7. The Balaban J connectivity index is 1.47. The number of anilines is 2. The van der Waals surface area contributed by atoms with E-state index >= 15 is 0 Å². The second kappa shape index (κ2) is 8.84. The summed E-state index contributed by atoms with van der Waals surface area (Å²) in [5.41, 5.74) is 1.98. The lowest BCUT2D eigenvalue weighted by molar-refractivity contribution is -0.384. The molecule has 0 spiro atoms. The molecule has 3 aromatic carbocycles. The number of nitro benzene ring substituents is 1. The number of non-ortho nitro benzene ring substituents is 1. The molecule has 0 unspecified atom stereocenters. The van der Waals surface area contributed by atoms with E-state index in [2.05, 4.69) is 5.32 Å². The predicted octanol–water partition coefficient (Wildman–Crippen LogP) is 3.76. The number of amides is 3. The maximum absolute atomic E-state index is 14.0. The zero-order valence-electron chi connectivity index (χ0n) is 20.2. The number of nitro groups is 1. The Hall–Kier alpha value is -4.99. The molecular weight excluding hydrogens is 488 g/mol. The fourth-order valence-corrected chi connectivity index (χ4v) is 5.80. The third-order valence-electron chi connectivity index (χ3n) is 7.39. The Kier molecular flexibility index (Phi) is 5.45. The van der Waals surface area contributed by atoms with Crippen molar-refractivity contribution in [2.75, 3.05) is 17.3 Å². The molecule has 0 bridgehead atoms. The summed E-state index contributed by atoms with van der Waals surface area (Å²) in [7, 11) is 1.36. The van der Waals surface area contributed by atoms with E-state index in [4.69, 9.17) is 4.74 Å². The third kappa shape index (κ3) is 3.45. The Morgan fingerprint density at radius 1 is 0.974 bits per heavy atom. The van der Waals surface area contributed by atoms with E-state index in [1.54, 1.807) is 35.4 Å². The minimum Gasteiger partial charge on any atom is -0.495 e. The van der Waals surface area contributed by atoms with Gasteiger partial charge in [0.15, 0.2) is 0 Å². The molecule has 3 aliphatic rings. The van der Waals surface area contributed by atoms with Gasteiger partial charge in [-0.2, -0.15) is 0 Å². The van der Waals surface area contributed by atoms with Crippen LogP contribution in [0, 0.1) is 22.0 Å². The van der Waals surface area contributed by atoms with Crippen LogP contribution in [0.4, 0.5) is 17.1 Å². The van der Waals surface area contributed by atoms with Gasteiger partial charge < -0.3 is 15.0 Å². The van der Waals surface area contributed by atoms with Crippen LogP contribution in [-0.4, -0.2) is 40.7 Å². The minimum atomic E-state index is -1.02. The van der Waals surface area contributed by atoms with E-state index in [9.17, 15) is 24.5 Å². The van der Waals surface area contributed by atoms with Crippen LogP contribution in [0.2, 0.25) is 0 Å². The van der Waals surface area contributed by atoms with Crippen LogP contribution in [0.15, 0.2) is 79.0 Å². The highest BCUT2D eigenvalue weighted by Crippen LogP contribution is 2.54. The summed E-state index contributed by atoms with van der Waals surface area (Å²) in [4.78, 5) is 55.4.